The first-order valence-electron chi connectivity index (χ1n) is 6.85. The fourth-order valence-corrected chi connectivity index (χ4v) is 2.97. The molecule has 0 bridgehead atoms. The Morgan fingerprint density at radius 3 is 2.90 bits per heavy atom. The summed E-state index contributed by atoms with van der Waals surface area (Å²) in [5, 5.41) is 11.1. The lowest BCUT2D eigenvalue weighted by Crippen LogP contribution is -2.26. The zero-order valence-electron chi connectivity index (χ0n) is 11.1. The van der Waals surface area contributed by atoms with Crippen molar-refractivity contribution in [2.45, 2.75) is 18.9 Å². The molecule has 2 heterocycles. The third-order valence-electron chi connectivity index (χ3n) is 3.88. The van der Waals surface area contributed by atoms with E-state index in [1.165, 1.54) is 4.09 Å². The molecule has 106 valence electrons. The molecule has 3 rings (SSSR count). The molecule has 5 heteroatoms. The van der Waals surface area contributed by atoms with Crippen LogP contribution in [0.3, 0.4) is 0 Å². The number of aliphatic hydroxyl groups excluding tert-OH is 1. The van der Waals surface area contributed by atoms with Gasteiger partial charge in [0, 0.05) is 48.9 Å². The van der Waals surface area contributed by atoms with Crippen LogP contribution in [0.4, 0.5) is 0 Å². The number of likely N-dealkylation sites (tertiary alicyclic amines) is 1. The van der Waals surface area contributed by atoms with Gasteiger partial charge in [0.2, 0.25) is 0 Å². The van der Waals surface area contributed by atoms with Gasteiger partial charge in [-0.05, 0) is 23.9 Å². The molecule has 1 aliphatic heterocycles. The van der Waals surface area contributed by atoms with Crippen molar-refractivity contribution in [2.75, 3.05) is 19.6 Å². The van der Waals surface area contributed by atoms with Gasteiger partial charge >= 0.3 is 0 Å². The summed E-state index contributed by atoms with van der Waals surface area (Å²) in [7, 11) is 0. The molecule has 0 saturated carbocycles. The molecule has 0 radical (unpaired) electrons. The molecule has 1 aromatic heterocycles. The van der Waals surface area contributed by atoms with E-state index in [9.17, 15) is 9.90 Å². The summed E-state index contributed by atoms with van der Waals surface area (Å²) < 4.78 is 1.22. The van der Waals surface area contributed by atoms with E-state index >= 15 is 0 Å². The number of aliphatic hydroxyl groups is 1. The van der Waals surface area contributed by atoms with Gasteiger partial charge in [-0.3, -0.25) is 4.79 Å². The monoisotopic (exact) mass is 292 g/mol. The molecule has 1 saturated heterocycles. The van der Waals surface area contributed by atoms with Crippen molar-refractivity contribution in [3.63, 3.8) is 0 Å². The summed E-state index contributed by atoms with van der Waals surface area (Å²) in [6.07, 6.45) is 1.31. The van der Waals surface area contributed by atoms with E-state index in [2.05, 4.69) is 4.90 Å². The molecule has 1 N–H and O–H groups in total. The van der Waals surface area contributed by atoms with Gasteiger partial charge in [-0.1, -0.05) is 18.2 Å². The average Bonchev–Trinajstić information content (AvgIpc) is 2.87. The van der Waals surface area contributed by atoms with Crippen molar-refractivity contribution >= 4 is 22.5 Å². The second-order valence-corrected chi connectivity index (χ2v) is 5.64. The van der Waals surface area contributed by atoms with Crippen LogP contribution in [0, 0.1) is 0 Å². The van der Waals surface area contributed by atoms with Crippen LogP contribution in [0.15, 0.2) is 35.1 Å². The van der Waals surface area contributed by atoms with Crippen molar-refractivity contribution in [1.29, 1.82) is 0 Å². The van der Waals surface area contributed by atoms with E-state index in [1.54, 1.807) is 6.07 Å². The summed E-state index contributed by atoms with van der Waals surface area (Å²) in [4.78, 5) is 14.4. The minimum Gasteiger partial charge on any atom is -0.392 e. The van der Waals surface area contributed by atoms with E-state index in [4.69, 9.17) is 11.8 Å². The molecule has 0 unspecified atom stereocenters. The number of rotatable bonds is 3. The summed E-state index contributed by atoms with van der Waals surface area (Å²) in [5.41, 5.74) is 0.651. The van der Waals surface area contributed by atoms with Crippen molar-refractivity contribution in [3.05, 3.63) is 46.4 Å². The fraction of sp³-hybridized carbons (Fsp3) is 0.400. The zero-order valence-corrected chi connectivity index (χ0v) is 11.9. The Hall–Kier alpha value is -1.36. The quantitative estimate of drug-likeness (QED) is 0.935. The predicted octanol–water partition coefficient (Wildman–Crippen LogP) is 1.61. The minimum atomic E-state index is -0.218. The van der Waals surface area contributed by atoms with Gasteiger partial charge in [-0.25, -0.2) is 4.09 Å². The first-order chi connectivity index (χ1) is 9.65. The van der Waals surface area contributed by atoms with Gasteiger partial charge in [0.15, 0.2) is 0 Å². The Balaban J connectivity index is 1.84. The Labute approximate surface area is 122 Å². The maximum Gasteiger partial charge on any atom is 0.273 e. The van der Waals surface area contributed by atoms with Gasteiger partial charge in [0.1, 0.15) is 0 Å². The van der Waals surface area contributed by atoms with Crippen LogP contribution in [0.5, 0.6) is 0 Å². The number of halogens is 1. The van der Waals surface area contributed by atoms with E-state index < -0.39 is 0 Å². The summed E-state index contributed by atoms with van der Waals surface area (Å²) in [5.74, 6) is 0. The van der Waals surface area contributed by atoms with Crippen molar-refractivity contribution in [1.82, 2.24) is 8.99 Å². The van der Waals surface area contributed by atoms with Gasteiger partial charge in [0.25, 0.3) is 5.56 Å². The molecule has 1 aliphatic rings. The lowest BCUT2D eigenvalue weighted by Gasteiger charge is -2.15. The Morgan fingerprint density at radius 2 is 2.15 bits per heavy atom. The third kappa shape index (κ3) is 2.59. The molecule has 0 spiro atoms. The SMILES string of the molecule is O=c1c2ccccc2cc(CCN2CC[C@@H](O)C2)n1Cl. The molecule has 1 aromatic carbocycles. The number of benzene rings is 1. The first kappa shape index (κ1) is 13.6. The zero-order chi connectivity index (χ0) is 14.1. The highest BCUT2D eigenvalue weighted by molar-refractivity contribution is 6.16. The average molecular weight is 293 g/mol. The Bertz CT molecular complexity index is 683. The largest absolute Gasteiger partial charge is 0.392 e. The van der Waals surface area contributed by atoms with E-state index in [1.807, 2.05) is 24.3 Å². The number of fused-ring (bicyclic) bond motifs is 1. The number of pyridine rings is 1. The third-order valence-corrected chi connectivity index (χ3v) is 4.25. The standard InChI is InChI=1S/C15H17ClN2O2/c16-18-12(5-7-17-8-6-13(19)10-17)9-11-3-1-2-4-14(11)15(18)20/h1-4,9,13,19H,5-8,10H2/t13-/m1/s1. The molecule has 1 atom stereocenters. The molecular formula is C15H17ClN2O2. The number of hydrogen-bond acceptors (Lipinski definition) is 3. The molecule has 0 amide bonds. The van der Waals surface area contributed by atoms with Gasteiger partial charge < -0.3 is 10.0 Å². The lowest BCUT2D eigenvalue weighted by atomic mass is 10.1. The van der Waals surface area contributed by atoms with E-state index in [-0.39, 0.29) is 11.7 Å². The van der Waals surface area contributed by atoms with Gasteiger partial charge in [0.05, 0.1) is 6.10 Å². The highest BCUT2D eigenvalue weighted by atomic mass is 35.5. The summed E-state index contributed by atoms with van der Waals surface area (Å²) in [6, 6.07) is 9.44. The van der Waals surface area contributed by atoms with Crippen molar-refractivity contribution in [2.24, 2.45) is 0 Å². The molecule has 2 aromatic rings. The highest BCUT2D eigenvalue weighted by Gasteiger charge is 2.20. The van der Waals surface area contributed by atoms with Crippen molar-refractivity contribution in [3.8, 4) is 0 Å². The van der Waals surface area contributed by atoms with Crippen LogP contribution >= 0.6 is 11.8 Å². The van der Waals surface area contributed by atoms with Crippen LogP contribution in [0.2, 0.25) is 0 Å². The molecular weight excluding hydrogens is 276 g/mol. The van der Waals surface area contributed by atoms with Crippen LogP contribution in [0.1, 0.15) is 12.1 Å². The smallest absolute Gasteiger partial charge is 0.273 e. The number of β-amino-alcohol motifs (C(OH)–C–C–N with tert-alkyl or cyclic N) is 1. The second-order valence-electron chi connectivity index (χ2n) is 5.30. The highest BCUT2D eigenvalue weighted by Crippen LogP contribution is 2.15. The van der Waals surface area contributed by atoms with E-state index in [0.29, 0.717) is 18.4 Å². The molecule has 20 heavy (non-hydrogen) atoms. The fourth-order valence-electron chi connectivity index (χ4n) is 2.75. The Morgan fingerprint density at radius 1 is 1.35 bits per heavy atom. The normalized spacial score (nSPS) is 19.8. The molecule has 4 nitrogen and oxygen atoms in total. The maximum atomic E-state index is 12.2. The van der Waals surface area contributed by atoms with Crippen LogP contribution in [-0.4, -0.2) is 39.8 Å². The predicted molar refractivity (Wildman–Crippen MR) is 80.2 cm³/mol. The van der Waals surface area contributed by atoms with E-state index in [0.717, 1.165) is 30.6 Å². The van der Waals surface area contributed by atoms with Crippen LogP contribution in [0.25, 0.3) is 10.8 Å². The Kier molecular flexibility index (Phi) is 3.78. The first-order valence-corrected chi connectivity index (χ1v) is 7.19. The topological polar surface area (TPSA) is 45.5 Å². The lowest BCUT2D eigenvalue weighted by molar-refractivity contribution is 0.176. The maximum absolute atomic E-state index is 12.2. The number of hydrogen-bond donors (Lipinski definition) is 1. The summed E-state index contributed by atoms with van der Waals surface area (Å²) in [6.45, 7) is 2.42. The number of aromatic nitrogens is 1. The summed E-state index contributed by atoms with van der Waals surface area (Å²) >= 11 is 6.12. The molecule has 1 fully saturated rings. The molecule has 0 aliphatic carbocycles. The van der Waals surface area contributed by atoms with Crippen LogP contribution < -0.4 is 5.56 Å². The van der Waals surface area contributed by atoms with Gasteiger partial charge in [-0.15, -0.1) is 0 Å². The van der Waals surface area contributed by atoms with Gasteiger partial charge in [-0.2, -0.15) is 0 Å². The van der Waals surface area contributed by atoms with Crippen LogP contribution in [-0.2, 0) is 6.42 Å². The second kappa shape index (κ2) is 5.56. The minimum absolute atomic E-state index is 0.166. The van der Waals surface area contributed by atoms with Crippen molar-refractivity contribution < 1.29 is 5.11 Å². The number of nitrogens with zero attached hydrogens (tertiary/aromatic N) is 2.